The average Bonchev–Trinajstić information content (AvgIpc) is 2.95. The Hall–Kier alpha value is -3.00. The number of aromatic nitrogens is 3. The Kier molecular flexibility index (Phi) is 4.79. The van der Waals surface area contributed by atoms with Crippen LogP contribution in [0.5, 0.6) is 0 Å². The zero-order valence-electron chi connectivity index (χ0n) is 12.1. The fraction of sp³-hybridized carbons (Fsp3) is 0. The number of nitrogens with one attached hydrogen (secondary N) is 1. The van der Waals surface area contributed by atoms with E-state index < -0.39 is 17.5 Å². The second-order valence-corrected chi connectivity index (χ2v) is 4.74. The second-order valence-electron chi connectivity index (χ2n) is 4.74. The molecule has 1 amide bonds. The molecular weight excluding hydrogens is 340 g/mol. The number of rotatable bonds is 3. The molecule has 0 unspecified atom stereocenters. The zero-order chi connectivity index (χ0) is 16.6. The van der Waals surface area contributed by atoms with Gasteiger partial charge in [-0.15, -0.1) is 12.4 Å². The van der Waals surface area contributed by atoms with Crippen molar-refractivity contribution in [3.05, 3.63) is 53.7 Å². The number of hydrogen-bond acceptors (Lipinski definition) is 4. The third-order valence-electron chi connectivity index (χ3n) is 3.25. The van der Waals surface area contributed by atoms with Gasteiger partial charge in [0, 0.05) is 11.8 Å². The molecule has 9 heteroatoms. The van der Waals surface area contributed by atoms with Crippen molar-refractivity contribution in [1.29, 1.82) is 0 Å². The van der Waals surface area contributed by atoms with E-state index in [4.69, 9.17) is 11.5 Å². The van der Waals surface area contributed by atoms with Crippen molar-refractivity contribution in [2.45, 2.75) is 0 Å². The van der Waals surface area contributed by atoms with Gasteiger partial charge in [-0.2, -0.15) is 0 Å². The molecule has 1 aromatic carbocycles. The molecular formula is C15H12ClF2N5O. The van der Waals surface area contributed by atoms with Gasteiger partial charge in [0.2, 0.25) is 5.95 Å². The molecule has 0 atom stereocenters. The normalized spacial score (nSPS) is 10.2. The van der Waals surface area contributed by atoms with Gasteiger partial charge in [-0.25, -0.2) is 18.7 Å². The lowest BCUT2D eigenvalue weighted by atomic mass is 10.1. The van der Waals surface area contributed by atoms with E-state index in [0.717, 1.165) is 6.07 Å². The lowest BCUT2D eigenvalue weighted by Gasteiger charge is -2.04. The summed E-state index contributed by atoms with van der Waals surface area (Å²) >= 11 is 0. The molecule has 0 saturated carbocycles. The Morgan fingerprint density at radius 3 is 2.62 bits per heavy atom. The summed E-state index contributed by atoms with van der Waals surface area (Å²) in [6.07, 6.45) is 1.44. The molecule has 0 bridgehead atoms. The van der Waals surface area contributed by atoms with E-state index in [-0.39, 0.29) is 35.2 Å². The van der Waals surface area contributed by atoms with Gasteiger partial charge in [0.15, 0.2) is 11.6 Å². The highest BCUT2D eigenvalue weighted by molar-refractivity contribution is 6.00. The van der Waals surface area contributed by atoms with Crippen molar-refractivity contribution in [1.82, 2.24) is 15.0 Å². The number of nitrogen functional groups attached to an aromatic ring is 1. The van der Waals surface area contributed by atoms with Gasteiger partial charge in [-0.05, 0) is 24.3 Å². The Balaban J connectivity index is 0.00000208. The van der Waals surface area contributed by atoms with Crippen LogP contribution in [-0.2, 0) is 0 Å². The Labute approximate surface area is 141 Å². The summed E-state index contributed by atoms with van der Waals surface area (Å²) in [6.45, 7) is 0. The molecule has 3 rings (SSSR count). The minimum absolute atomic E-state index is 0. The number of carbonyl (C=O) groups excluding carboxylic acids is 1. The SMILES string of the molecule is Cl.NC(=O)c1cc(-c2ccnc(N)n2)[nH]c1-c1cccc(F)c1F. The molecule has 0 radical (unpaired) electrons. The van der Waals surface area contributed by atoms with Crippen LogP contribution in [0.15, 0.2) is 36.5 Å². The predicted molar refractivity (Wildman–Crippen MR) is 87.3 cm³/mol. The molecule has 3 aromatic rings. The molecule has 0 spiro atoms. The third kappa shape index (κ3) is 3.04. The number of halogens is 3. The molecule has 0 fully saturated rings. The van der Waals surface area contributed by atoms with Crippen LogP contribution >= 0.6 is 12.4 Å². The largest absolute Gasteiger partial charge is 0.368 e. The summed E-state index contributed by atoms with van der Waals surface area (Å²) in [7, 11) is 0. The second kappa shape index (κ2) is 6.63. The van der Waals surface area contributed by atoms with Crippen LogP contribution in [0.25, 0.3) is 22.6 Å². The average molecular weight is 352 g/mol. The number of hydrogen-bond donors (Lipinski definition) is 3. The van der Waals surface area contributed by atoms with Gasteiger partial charge in [0.25, 0.3) is 5.91 Å². The van der Waals surface area contributed by atoms with Crippen molar-refractivity contribution in [3.8, 4) is 22.6 Å². The topological polar surface area (TPSA) is 111 Å². The number of H-pyrrole nitrogens is 1. The van der Waals surface area contributed by atoms with E-state index in [1.54, 1.807) is 6.07 Å². The van der Waals surface area contributed by atoms with E-state index >= 15 is 0 Å². The summed E-state index contributed by atoms with van der Waals surface area (Å²) in [5.74, 6) is -2.85. The first kappa shape index (κ1) is 17.4. The molecule has 2 heterocycles. The van der Waals surface area contributed by atoms with Gasteiger partial charge in [0.1, 0.15) is 0 Å². The van der Waals surface area contributed by atoms with Crippen molar-refractivity contribution < 1.29 is 13.6 Å². The molecule has 5 N–H and O–H groups in total. The predicted octanol–water partition coefficient (Wildman–Crippen LogP) is 2.52. The van der Waals surface area contributed by atoms with Crippen LogP contribution in [-0.4, -0.2) is 20.9 Å². The maximum absolute atomic E-state index is 14.0. The number of benzene rings is 1. The van der Waals surface area contributed by atoms with E-state index in [1.807, 2.05) is 0 Å². The highest BCUT2D eigenvalue weighted by Crippen LogP contribution is 2.30. The standard InChI is InChI=1S/C15H11F2N5O.ClH/c16-9-3-1-2-7(12(9)17)13-8(14(18)23)6-11(21-13)10-4-5-20-15(19)22-10;/h1-6,21H,(H2,18,23)(H2,19,20,22);1H. The summed E-state index contributed by atoms with van der Waals surface area (Å²) in [5, 5.41) is 0. The van der Waals surface area contributed by atoms with Crippen molar-refractivity contribution in [2.24, 2.45) is 5.73 Å². The smallest absolute Gasteiger partial charge is 0.250 e. The minimum Gasteiger partial charge on any atom is -0.368 e. The number of anilines is 1. The molecule has 0 aliphatic rings. The minimum atomic E-state index is -1.08. The molecule has 6 nitrogen and oxygen atoms in total. The first-order valence-electron chi connectivity index (χ1n) is 6.53. The van der Waals surface area contributed by atoms with E-state index in [1.165, 1.54) is 24.4 Å². The molecule has 0 aliphatic carbocycles. The first-order chi connectivity index (χ1) is 11.0. The van der Waals surface area contributed by atoms with Crippen LogP contribution in [0.2, 0.25) is 0 Å². The number of nitrogens with zero attached hydrogens (tertiary/aromatic N) is 2. The Bertz CT molecular complexity index is 913. The fourth-order valence-electron chi connectivity index (χ4n) is 2.22. The monoisotopic (exact) mass is 351 g/mol. The van der Waals surface area contributed by atoms with Crippen molar-refractivity contribution in [2.75, 3.05) is 5.73 Å². The van der Waals surface area contributed by atoms with E-state index in [2.05, 4.69) is 15.0 Å². The van der Waals surface area contributed by atoms with Crippen LogP contribution < -0.4 is 11.5 Å². The lowest BCUT2D eigenvalue weighted by Crippen LogP contribution is -2.11. The molecule has 24 heavy (non-hydrogen) atoms. The number of primary amides is 1. The van der Waals surface area contributed by atoms with E-state index in [9.17, 15) is 13.6 Å². The van der Waals surface area contributed by atoms with Gasteiger partial charge < -0.3 is 16.5 Å². The fourth-order valence-corrected chi connectivity index (χ4v) is 2.22. The van der Waals surface area contributed by atoms with Crippen molar-refractivity contribution in [3.63, 3.8) is 0 Å². The quantitative estimate of drug-likeness (QED) is 0.673. The summed E-state index contributed by atoms with van der Waals surface area (Å²) < 4.78 is 27.5. The third-order valence-corrected chi connectivity index (χ3v) is 3.25. The summed E-state index contributed by atoms with van der Waals surface area (Å²) in [6, 6.07) is 6.62. The highest BCUT2D eigenvalue weighted by Gasteiger charge is 2.20. The highest BCUT2D eigenvalue weighted by atomic mass is 35.5. The van der Waals surface area contributed by atoms with Gasteiger partial charge >= 0.3 is 0 Å². The summed E-state index contributed by atoms with van der Waals surface area (Å²) in [5.41, 5.74) is 11.6. The molecule has 0 aliphatic heterocycles. The maximum atomic E-state index is 14.0. The van der Waals surface area contributed by atoms with Crippen LogP contribution in [0.1, 0.15) is 10.4 Å². The molecule has 124 valence electrons. The number of carbonyl (C=O) groups is 1. The van der Waals surface area contributed by atoms with Crippen LogP contribution in [0.3, 0.4) is 0 Å². The molecule has 2 aromatic heterocycles. The van der Waals surface area contributed by atoms with Gasteiger partial charge in [-0.1, -0.05) is 6.07 Å². The van der Waals surface area contributed by atoms with Crippen LogP contribution in [0, 0.1) is 11.6 Å². The number of amides is 1. The van der Waals surface area contributed by atoms with Gasteiger partial charge in [0.05, 0.1) is 22.6 Å². The molecule has 0 saturated heterocycles. The maximum Gasteiger partial charge on any atom is 0.250 e. The van der Waals surface area contributed by atoms with Gasteiger partial charge in [-0.3, -0.25) is 4.79 Å². The van der Waals surface area contributed by atoms with Crippen molar-refractivity contribution >= 4 is 24.3 Å². The number of aromatic amines is 1. The summed E-state index contributed by atoms with van der Waals surface area (Å²) in [4.78, 5) is 22.2. The zero-order valence-corrected chi connectivity index (χ0v) is 12.9. The Morgan fingerprint density at radius 1 is 1.21 bits per heavy atom. The lowest BCUT2D eigenvalue weighted by molar-refractivity contribution is 0.100. The Morgan fingerprint density at radius 2 is 1.96 bits per heavy atom. The van der Waals surface area contributed by atoms with Crippen LogP contribution in [0.4, 0.5) is 14.7 Å². The van der Waals surface area contributed by atoms with E-state index in [0.29, 0.717) is 11.4 Å². The number of nitrogens with two attached hydrogens (primary N) is 2. The first-order valence-corrected chi connectivity index (χ1v) is 6.53.